The highest BCUT2D eigenvalue weighted by molar-refractivity contribution is 7.15. The smallest absolute Gasteiger partial charge is 0.307 e. The fourth-order valence-electron chi connectivity index (χ4n) is 2.76. The van der Waals surface area contributed by atoms with Gasteiger partial charge in [-0.05, 0) is 31.5 Å². The molecule has 1 aliphatic rings. The topological polar surface area (TPSA) is 53.4 Å². The van der Waals surface area contributed by atoms with E-state index in [1.165, 1.54) is 0 Å². The van der Waals surface area contributed by atoms with Crippen molar-refractivity contribution in [1.82, 2.24) is 9.88 Å². The third kappa shape index (κ3) is 3.66. The summed E-state index contributed by atoms with van der Waals surface area (Å²) >= 11 is 7.65. The molecule has 1 aromatic heterocycles. The molecule has 2 heterocycles. The van der Waals surface area contributed by atoms with E-state index in [0.717, 1.165) is 41.4 Å². The van der Waals surface area contributed by atoms with Crippen LogP contribution < -0.4 is 0 Å². The molecular formula is C16H17ClN2O2S. The number of likely N-dealkylation sites (tertiary alicyclic amines) is 1. The Morgan fingerprint density at radius 1 is 1.50 bits per heavy atom. The number of aliphatic carboxylic acids is 1. The fourth-order valence-corrected chi connectivity index (χ4v) is 3.90. The third-order valence-corrected chi connectivity index (χ3v) is 5.13. The molecule has 1 N–H and O–H groups in total. The van der Waals surface area contributed by atoms with Gasteiger partial charge in [-0.3, -0.25) is 9.69 Å². The molecule has 2 aromatic rings. The Morgan fingerprint density at radius 3 is 3.14 bits per heavy atom. The highest BCUT2D eigenvalue weighted by Gasteiger charge is 2.25. The van der Waals surface area contributed by atoms with Crippen LogP contribution in [0, 0.1) is 5.92 Å². The summed E-state index contributed by atoms with van der Waals surface area (Å²) in [4.78, 5) is 18.9. The van der Waals surface area contributed by atoms with Crippen molar-refractivity contribution in [2.24, 2.45) is 5.92 Å². The number of halogens is 1. The molecule has 0 radical (unpaired) electrons. The maximum absolute atomic E-state index is 11.1. The molecule has 116 valence electrons. The second-order valence-corrected chi connectivity index (χ2v) is 7.11. The van der Waals surface area contributed by atoms with Gasteiger partial charge >= 0.3 is 5.97 Å². The van der Waals surface area contributed by atoms with E-state index in [0.29, 0.717) is 11.6 Å². The Hall–Kier alpha value is -1.43. The summed E-state index contributed by atoms with van der Waals surface area (Å²) < 4.78 is 0. The number of carboxylic acid groups (broad SMARTS) is 1. The molecule has 0 unspecified atom stereocenters. The Morgan fingerprint density at radius 2 is 2.36 bits per heavy atom. The quantitative estimate of drug-likeness (QED) is 0.923. The van der Waals surface area contributed by atoms with Crippen LogP contribution in [0.1, 0.15) is 17.7 Å². The summed E-state index contributed by atoms with van der Waals surface area (Å²) in [5.41, 5.74) is 1.02. The van der Waals surface area contributed by atoms with Crippen molar-refractivity contribution in [3.05, 3.63) is 40.4 Å². The number of hydrogen-bond donors (Lipinski definition) is 1. The first-order valence-electron chi connectivity index (χ1n) is 7.27. The van der Waals surface area contributed by atoms with Crippen molar-refractivity contribution in [1.29, 1.82) is 0 Å². The second-order valence-electron chi connectivity index (χ2n) is 5.55. The lowest BCUT2D eigenvalue weighted by Gasteiger charge is -2.29. The summed E-state index contributed by atoms with van der Waals surface area (Å²) in [5.74, 6) is -0.928. The summed E-state index contributed by atoms with van der Waals surface area (Å²) in [5, 5.41) is 10.8. The van der Waals surface area contributed by atoms with Crippen LogP contribution in [0.5, 0.6) is 0 Å². The van der Waals surface area contributed by atoms with Crippen molar-refractivity contribution in [2.75, 3.05) is 13.1 Å². The minimum absolute atomic E-state index is 0.242. The first-order valence-corrected chi connectivity index (χ1v) is 8.47. The summed E-state index contributed by atoms with van der Waals surface area (Å²) in [6.45, 7) is 2.34. The lowest BCUT2D eigenvalue weighted by Crippen LogP contribution is -2.37. The van der Waals surface area contributed by atoms with Gasteiger partial charge in [-0.2, -0.15) is 0 Å². The highest BCUT2D eigenvalue weighted by Crippen LogP contribution is 2.28. The number of hydrogen-bond acceptors (Lipinski definition) is 4. The first kappa shape index (κ1) is 15.5. The van der Waals surface area contributed by atoms with Crippen molar-refractivity contribution in [3.8, 4) is 10.6 Å². The number of piperidine rings is 1. The molecule has 1 saturated heterocycles. The molecule has 3 rings (SSSR count). The molecule has 22 heavy (non-hydrogen) atoms. The van der Waals surface area contributed by atoms with Crippen molar-refractivity contribution < 1.29 is 9.90 Å². The molecule has 6 heteroatoms. The normalized spacial score (nSPS) is 19.2. The highest BCUT2D eigenvalue weighted by atomic mass is 35.5. The van der Waals surface area contributed by atoms with E-state index in [1.807, 2.05) is 30.5 Å². The molecule has 1 aromatic carbocycles. The zero-order chi connectivity index (χ0) is 15.5. The van der Waals surface area contributed by atoms with E-state index in [4.69, 9.17) is 16.7 Å². The number of benzene rings is 1. The van der Waals surface area contributed by atoms with Crippen molar-refractivity contribution in [2.45, 2.75) is 19.4 Å². The molecule has 1 atom stereocenters. The van der Waals surface area contributed by atoms with Crippen LogP contribution in [0.15, 0.2) is 30.5 Å². The fraction of sp³-hybridized carbons (Fsp3) is 0.375. The minimum atomic E-state index is -0.686. The number of carbonyl (C=O) groups is 1. The first-order chi connectivity index (χ1) is 10.6. The number of rotatable bonds is 4. The molecule has 1 aliphatic heterocycles. The SMILES string of the molecule is O=C(O)[C@@H]1CCCN(Cc2cnc(-c3cccc(Cl)c3)s2)C1. The van der Waals surface area contributed by atoms with Gasteiger partial charge in [0.1, 0.15) is 5.01 Å². The predicted octanol–water partition coefficient (Wildman–Crippen LogP) is 3.76. The minimum Gasteiger partial charge on any atom is -0.481 e. The van der Waals surface area contributed by atoms with E-state index in [2.05, 4.69) is 9.88 Å². The van der Waals surface area contributed by atoms with Crippen LogP contribution in [0.25, 0.3) is 10.6 Å². The molecular weight excluding hydrogens is 320 g/mol. The molecule has 0 saturated carbocycles. The zero-order valence-electron chi connectivity index (χ0n) is 12.0. The van der Waals surface area contributed by atoms with E-state index >= 15 is 0 Å². The van der Waals surface area contributed by atoms with E-state index in [9.17, 15) is 4.79 Å². The molecule has 0 aliphatic carbocycles. The Labute approximate surface area is 138 Å². The number of thiazole rings is 1. The van der Waals surface area contributed by atoms with Crippen molar-refractivity contribution in [3.63, 3.8) is 0 Å². The van der Waals surface area contributed by atoms with Gasteiger partial charge in [0.15, 0.2) is 0 Å². The Bertz CT molecular complexity index is 674. The van der Waals surface area contributed by atoms with Gasteiger partial charge in [0.25, 0.3) is 0 Å². The van der Waals surface area contributed by atoms with E-state index in [-0.39, 0.29) is 5.92 Å². The lowest BCUT2D eigenvalue weighted by atomic mass is 9.98. The Balaban J connectivity index is 1.68. The maximum atomic E-state index is 11.1. The van der Waals surface area contributed by atoms with Gasteiger partial charge in [-0.15, -0.1) is 11.3 Å². The molecule has 0 bridgehead atoms. The second kappa shape index (κ2) is 6.77. The third-order valence-electron chi connectivity index (χ3n) is 3.86. The van der Waals surface area contributed by atoms with Gasteiger partial charge in [0.05, 0.1) is 5.92 Å². The largest absolute Gasteiger partial charge is 0.481 e. The summed E-state index contributed by atoms with van der Waals surface area (Å²) in [6, 6.07) is 7.67. The number of aromatic nitrogens is 1. The summed E-state index contributed by atoms with van der Waals surface area (Å²) in [7, 11) is 0. The van der Waals surface area contributed by atoms with E-state index < -0.39 is 5.97 Å². The van der Waals surface area contributed by atoms with Gasteiger partial charge in [0, 0.05) is 34.7 Å². The van der Waals surface area contributed by atoms with Crippen LogP contribution in [0.2, 0.25) is 5.02 Å². The molecule has 1 fully saturated rings. The van der Waals surface area contributed by atoms with Crippen LogP contribution in [0.3, 0.4) is 0 Å². The van der Waals surface area contributed by atoms with Gasteiger partial charge in [-0.25, -0.2) is 4.98 Å². The average Bonchev–Trinajstić information content (AvgIpc) is 2.96. The standard InChI is InChI=1S/C16H17ClN2O2S/c17-13-5-1-3-11(7-13)15-18-8-14(22-15)10-19-6-2-4-12(9-19)16(20)21/h1,3,5,7-8,12H,2,4,6,9-10H2,(H,20,21)/t12-/m1/s1. The predicted molar refractivity (Wildman–Crippen MR) is 88.2 cm³/mol. The monoisotopic (exact) mass is 336 g/mol. The van der Waals surface area contributed by atoms with Crippen LogP contribution in [0.4, 0.5) is 0 Å². The lowest BCUT2D eigenvalue weighted by molar-refractivity contribution is -0.143. The van der Waals surface area contributed by atoms with Crippen LogP contribution in [-0.2, 0) is 11.3 Å². The van der Waals surface area contributed by atoms with Crippen LogP contribution >= 0.6 is 22.9 Å². The maximum Gasteiger partial charge on any atom is 0.307 e. The van der Waals surface area contributed by atoms with E-state index in [1.54, 1.807) is 11.3 Å². The van der Waals surface area contributed by atoms with Gasteiger partial charge in [0.2, 0.25) is 0 Å². The number of nitrogens with zero attached hydrogens (tertiary/aromatic N) is 2. The molecule has 4 nitrogen and oxygen atoms in total. The average molecular weight is 337 g/mol. The molecule has 0 amide bonds. The van der Waals surface area contributed by atoms with Gasteiger partial charge < -0.3 is 5.11 Å². The molecule has 0 spiro atoms. The summed E-state index contributed by atoms with van der Waals surface area (Å²) in [6.07, 6.45) is 3.60. The van der Waals surface area contributed by atoms with Crippen molar-refractivity contribution >= 4 is 28.9 Å². The Kier molecular flexibility index (Phi) is 4.76. The van der Waals surface area contributed by atoms with Gasteiger partial charge in [-0.1, -0.05) is 23.7 Å². The number of carboxylic acids is 1. The zero-order valence-corrected chi connectivity index (χ0v) is 13.6. The van der Waals surface area contributed by atoms with Crippen LogP contribution in [-0.4, -0.2) is 34.0 Å².